The van der Waals surface area contributed by atoms with Crippen LogP contribution in [0.1, 0.15) is 52.4 Å². The molecule has 3 atom stereocenters. The second-order valence-corrected chi connectivity index (χ2v) is 8.61. The van der Waals surface area contributed by atoms with Crippen LogP contribution in [0.4, 0.5) is 0 Å². The molecule has 3 unspecified atom stereocenters. The first kappa shape index (κ1) is 16.2. The molecule has 1 aliphatic carbocycles. The molecule has 1 saturated heterocycles. The van der Waals surface area contributed by atoms with Gasteiger partial charge in [-0.25, -0.2) is 0 Å². The van der Waals surface area contributed by atoms with E-state index in [9.17, 15) is 13.5 Å². The summed E-state index contributed by atoms with van der Waals surface area (Å²) in [5.74, 6) is 0.881. The zero-order valence-corrected chi connectivity index (χ0v) is 13.5. The molecule has 2 N–H and O–H groups in total. The van der Waals surface area contributed by atoms with E-state index in [-0.39, 0.29) is 6.54 Å². The molecule has 6 heteroatoms. The largest absolute Gasteiger partial charge is 0.389 e. The molecule has 0 spiro atoms. The van der Waals surface area contributed by atoms with E-state index in [0.717, 1.165) is 25.7 Å². The lowest BCUT2D eigenvalue weighted by Gasteiger charge is -2.37. The number of nitrogens with one attached hydrogen (secondary N) is 1. The predicted octanol–water partition coefficient (Wildman–Crippen LogP) is 1.49. The van der Waals surface area contributed by atoms with Crippen molar-refractivity contribution in [3.63, 3.8) is 0 Å². The normalized spacial score (nSPS) is 37.0. The third kappa shape index (κ3) is 4.16. The molecule has 0 aromatic heterocycles. The SMILES string of the molecule is CC1CCCN(S(=O)(=O)NCC2(O)CCCC(C)C2)C1. The maximum absolute atomic E-state index is 12.3. The lowest BCUT2D eigenvalue weighted by Crippen LogP contribution is -2.51. The Bertz CT molecular complexity index is 426. The van der Waals surface area contributed by atoms with Crippen molar-refractivity contribution in [1.29, 1.82) is 0 Å². The number of aliphatic hydroxyl groups is 1. The Balaban J connectivity index is 1.91. The van der Waals surface area contributed by atoms with Gasteiger partial charge in [-0.3, -0.25) is 0 Å². The van der Waals surface area contributed by atoms with E-state index in [1.165, 1.54) is 4.31 Å². The van der Waals surface area contributed by atoms with Crippen molar-refractivity contribution < 1.29 is 13.5 Å². The maximum Gasteiger partial charge on any atom is 0.279 e. The Morgan fingerprint density at radius 2 is 1.95 bits per heavy atom. The van der Waals surface area contributed by atoms with E-state index in [1.54, 1.807) is 0 Å². The highest BCUT2D eigenvalue weighted by atomic mass is 32.2. The van der Waals surface area contributed by atoms with Crippen LogP contribution >= 0.6 is 0 Å². The van der Waals surface area contributed by atoms with Crippen LogP contribution in [0.5, 0.6) is 0 Å². The van der Waals surface area contributed by atoms with Gasteiger partial charge < -0.3 is 5.11 Å². The minimum Gasteiger partial charge on any atom is -0.389 e. The van der Waals surface area contributed by atoms with E-state index in [4.69, 9.17) is 0 Å². The Kier molecular flexibility index (Phi) is 5.10. The number of hydrogen-bond donors (Lipinski definition) is 2. The summed E-state index contributed by atoms with van der Waals surface area (Å²) in [4.78, 5) is 0. The Hall–Kier alpha value is -0.170. The van der Waals surface area contributed by atoms with Gasteiger partial charge in [0.15, 0.2) is 0 Å². The second kappa shape index (κ2) is 6.30. The van der Waals surface area contributed by atoms with Gasteiger partial charge in [-0.2, -0.15) is 17.4 Å². The molecule has 2 rings (SSSR count). The molecular formula is C14H28N2O3S. The summed E-state index contributed by atoms with van der Waals surface area (Å²) >= 11 is 0. The van der Waals surface area contributed by atoms with Crippen LogP contribution < -0.4 is 4.72 Å². The maximum atomic E-state index is 12.3. The van der Waals surface area contributed by atoms with Gasteiger partial charge in [0, 0.05) is 19.6 Å². The lowest BCUT2D eigenvalue weighted by molar-refractivity contribution is -0.00784. The topological polar surface area (TPSA) is 69.6 Å². The van der Waals surface area contributed by atoms with Crippen LogP contribution in [-0.4, -0.2) is 43.1 Å². The van der Waals surface area contributed by atoms with E-state index < -0.39 is 15.8 Å². The average molecular weight is 304 g/mol. The van der Waals surface area contributed by atoms with Gasteiger partial charge >= 0.3 is 0 Å². The van der Waals surface area contributed by atoms with Crippen molar-refractivity contribution in [3.05, 3.63) is 0 Å². The molecule has 2 fully saturated rings. The van der Waals surface area contributed by atoms with Crippen LogP contribution in [0, 0.1) is 11.8 Å². The molecule has 1 heterocycles. The Labute approximate surface area is 122 Å². The van der Waals surface area contributed by atoms with Crippen molar-refractivity contribution in [2.24, 2.45) is 11.8 Å². The summed E-state index contributed by atoms with van der Waals surface area (Å²) in [6, 6.07) is 0. The zero-order chi connectivity index (χ0) is 14.8. The van der Waals surface area contributed by atoms with E-state index >= 15 is 0 Å². The lowest BCUT2D eigenvalue weighted by atomic mass is 9.79. The molecule has 5 nitrogen and oxygen atoms in total. The van der Waals surface area contributed by atoms with Crippen molar-refractivity contribution in [2.75, 3.05) is 19.6 Å². The van der Waals surface area contributed by atoms with Gasteiger partial charge in [-0.15, -0.1) is 0 Å². The summed E-state index contributed by atoms with van der Waals surface area (Å²) in [5.41, 5.74) is -0.869. The van der Waals surface area contributed by atoms with E-state index in [0.29, 0.717) is 37.8 Å². The Morgan fingerprint density at radius 3 is 2.60 bits per heavy atom. The van der Waals surface area contributed by atoms with Gasteiger partial charge in [0.1, 0.15) is 0 Å². The monoisotopic (exact) mass is 304 g/mol. The summed E-state index contributed by atoms with van der Waals surface area (Å²) in [6.45, 7) is 5.52. The summed E-state index contributed by atoms with van der Waals surface area (Å²) in [5, 5.41) is 10.5. The summed E-state index contributed by atoms with van der Waals surface area (Å²) < 4.78 is 28.8. The number of piperidine rings is 1. The molecule has 0 bridgehead atoms. The minimum absolute atomic E-state index is 0.143. The number of hydrogen-bond acceptors (Lipinski definition) is 3. The van der Waals surface area contributed by atoms with Gasteiger partial charge in [-0.1, -0.05) is 26.7 Å². The molecule has 118 valence electrons. The molecule has 0 aromatic rings. The summed E-state index contributed by atoms with van der Waals surface area (Å²) in [6.07, 6.45) is 5.48. The van der Waals surface area contributed by atoms with Crippen LogP contribution in [0.3, 0.4) is 0 Å². The van der Waals surface area contributed by atoms with E-state index in [2.05, 4.69) is 18.6 Å². The third-order valence-electron chi connectivity index (χ3n) is 4.61. The fraction of sp³-hybridized carbons (Fsp3) is 1.00. The molecular weight excluding hydrogens is 276 g/mol. The van der Waals surface area contributed by atoms with Crippen LogP contribution in [-0.2, 0) is 10.2 Å². The molecule has 0 aromatic carbocycles. The molecule has 0 amide bonds. The zero-order valence-electron chi connectivity index (χ0n) is 12.6. The highest BCUT2D eigenvalue weighted by Gasteiger charge is 2.35. The van der Waals surface area contributed by atoms with Gasteiger partial charge in [0.05, 0.1) is 5.60 Å². The highest BCUT2D eigenvalue weighted by molar-refractivity contribution is 7.87. The molecule has 20 heavy (non-hydrogen) atoms. The van der Waals surface area contributed by atoms with Crippen molar-refractivity contribution in [1.82, 2.24) is 9.03 Å². The molecule has 2 aliphatic rings. The first-order valence-corrected chi connectivity index (χ1v) is 9.22. The van der Waals surface area contributed by atoms with Crippen molar-refractivity contribution >= 4 is 10.2 Å². The van der Waals surface area contributed by atoms with Crippen LogP contribution in [0.25, 0.3) is 0 Å². The van der Waals surface area contributed by atoms with Crippen molar-refractivity contribution in [2.45, 2.75) is 58.0 Å². The summed E-state index contributed by atoms with van der Waals surface area (Å²) in [7, 11) is -3.45. The van der Waals surface area contributed by atoms with Crippen LogP contribution in [0.15, 0.2) is 0 Å². The number of rotatable bonds is 4. The van der Waals surface area contributed by atoms with E-state index in [1.807, 2.05) is 0 Å². The predicted molar refractivity (Wildman–Crippen MR) is 79.5 cm³/mol. The third-order valence-corrected chi connectivity index (χ3v) is 6.13. The fourth-order valence-corrected chi connectivity index (χ4v) is 4.93. The first-order valence-electron chi connectivity index (χ1n) is 7.78. The first-order chi connectivity index (χ1) is 9.31. The number of nitrogens with zero attached hydrogens (tertiary/aromatic N) is 1. The molecule has 1 aliphatic heterocycles. The molecule has 0 radical (unpaired) electrons. The average Bonchev–Trinajstić information content (AvgIpc) is 2.37. The van der Waals surface area contributed by atoms with Gasteiger partial charge in [-0.05, 0) is 37.5 Å². The molecule has 1 saturated carbocycles. The van der Waals surface area contributed by atoms with Crippen molar-refractivity contribution in [3.8, 4) is 0 Å². The van der Waals surface area contributed by atoms with Gasteiger partial charge in [0.2, 0.25) is 0 Å². The second-order valence-electron chi connectivity index (χ2n) is 6.86. The minimum atomic E-state index is -3.45. The highest BCUT2D eigenvalue weighted by Crippen LogP contribution is 2.31. The Morgan fingerprint density at radius 1 is 1.25 bits per heavy atom. The van der Waals surface area contributed by atoms with Gasteiger partial charge in [0.25, 0.3) is 10.2 Å². The van der Waals surface area contributed by atoms with Crippen LogP contribution in [0.2, 0.25) is 0 Å². The smallest absolute Gasteiger partial charge is 0.279 e. The fourth-order valence-electron chi connectivity index (χ4n) is 3.47. The quantitative estimate of drug-likeness (QED) is 0.827. The standard InChI is InChI=1S/C14H28N2O3S/c1-12-5-3-7-14(17,9-12)11-15-20(18,19)16-8-4-6-13(2)10-16/h12-13,15,17H,3-11H2,1-2H3.